The highest BCUT2D eigenvalue weighted by molar-refractivity contribution is 7.80. The molecule has 0 amide bonds. The van der Waals surface area contributed by atoms with E-state index in [1.807, 2.05) is 0 Å². The molecule has 0 fully saturated rings. The van der Waals surface area contributed by atoms with Gasteiger partial charge in [-0.2, -0.15) is 0 Å². The maximum absolute atomic E-state index is 10.6. The van der Waals surface area contributed by atoms with Crippen molar-refractivity contribution in [1.29, 1.82) is 0 Å². The van der Waals surface area contributed by atoms with E-state index in [1.165, 1.54) is 0 Å². The van der Waals surface area contributed by atoms with Crippen LogP contribution in [0.3, 0.4) is 0 Å². The van der Waals surface area contributed by atoms with Gasteiger partial charge in [0, 0.05) is 10.7 Å². The van der Waals surface area contributed by atoms with E-state index < -0.39 is 5.97 Å². The van der Waals surface area contributed by atoms with Crippen LogP contribution in [0.2, 0.25) is 10.0 Å². The molecule has 0 bridgehead atoms. The molecule has 0 saturated heterocycles. The van der Waals surface area contributed by atoms with E-state index >= 15 is 0 Å². The third kappa shape index (κ3) is 4.87. The zero-order valence-electron chi connectivity index (χ0n) is 11.3. The molecule has 0 aromatic heterocycles. The van der Waals surface area contributed by atoms with Gasteiger partial charge < -0.3 is 15.7 Å². The van der Waals surface area contributed by atoms with Gasteiger partial charge >= 0.3 is 5.97 Å². The SMILES string of the molecule is O=C(O)Cc1ccc(NC(=S)Nc2ccc(Cl)cc2Cl)cc1. The molecule has 2 rings (SSSR count). The fraction of sp³-hybridized carbons (Fsp3) is 0.0667. The summed E-state index contributed by atoms with van der Waals surface area (Å²) in [6, 6.07) is 12.0. The van der Waals surface area contributed by atoms with Crippen molar-refractivity contribution in [1.82, 2.24) is 0 Å². The average molecular weight is 355 g/mol. The minimum Gasteiger partial charge on any atom is -0.481 e. The minimum absolute atomic E-state index is 0.0106. The second-order valence-corrected chi connectivity index (χ2v) is 5.72. The minimum atomic E-state index is -0.865. The Balaban J connectivity index is 1.98. The van der Waals surface area contributed by atoms with Crippen molar-refractivity contribution in [2.24, 2.45) is 0 Å². The quantitative estimate of drug-likeness (QED) is 0.709. The lowest BCUT2D eigenvalue weighted by molar-refractivity contribution is -0.136. The maximum atomic E-state index is 10.6. The van der Waals surface area contributed by atoms with E-state index in [2.05, 4.69) is 10.6 Å². The number of carboxylic acids is 1. The highest BCUT2D eigenvalue weighted by atomic mass is 35.5. The first-order valence-corrected chi connectivity index (χ1v) is 7.44. The second kappa shape index (κ2) is 7.45. The molecule has 7 heteroatoms. The van der Waals surface area contributed by atoms with Gasteiger partial charge in [-0.1, -0.05) is 35.3 Å². The summed E-state index contributed by atoms with van der Waals surface area (Å²) in [4.78, 5) is 10.6. The summed E-state index contributed by atoms with van der Waals surface area (Å²) in [5.74, 6) is -0.865. The van der Waals surface area contributed by atoms with E-state index in [-0.39, 0.29) is 6.42 Å². The second-order valence-electron chi connectivity index (χ2n) is 4.47. The van der Waals surface area contributed by atoms with Crippen molar-refractivity contribution < 1.29 is 9.90 Å². The molecule has 0 aliphatic heterocycles. The smallest absolute Gasteiger partial charge is 0.307 e. The molecular formula is C15H12Cl2N2O2S. The van der Waals surface area contributed by atoms with E-state index in [0.717, 1.165) is 11.3 Å². The molecule has 3 N–H and O–H groups in total. The first kappa shape index (κ1) is 16.5. The van der Waals surface area contributed by atoms with Crippen LogP contribution in [0.15, 0.2) is 42.5 Å². The van der Waals surface area contributed by atoms with E-state index in [0.29, 0.717) is 20.8 Å². The number of hydrogen-bond acceptors (Lipinski definition) is 2. The summed E-state index contributed by atoms with van der Waals surface area (Å²) in [7, 11) is 0. The van der Waals surface area contributed by atoms with Gasteiger partial charge in [-0.05, 0) is 48.1 Å². The molecule has 4 nitrogen and oxygen atoms in total. The van der Waals surface area contributed by atoms with Gasteiger partial charge in [-0.3, -0.25) is 4.79 Å². The van der Waals surface area contributed by atoms with Gasteiger partial charge in [0.2, 0.25) is 0 Å². The summed E-state index contributed by atoms with van der Waals surface area (Å²) >= 11 is 17.1. The van der Waals surface area contributed by atoms with Gasteiger partial charge in [0.1, 0.15) is 0 Å². The van der Waals surface area contributed by atoms with Crippen molar-refractivity contribution in [3.8, 4) is 0 Å². The fourth-order valence-corrected chi connectivity index (χ4v) is 2.44. The van der Waals surface area contributed by atoms with Crippen LogP contribution in [0.1, 0.15) is 5.56 Å². The highest BCUT2D eigenvalue weighted by Gasteiger charge is 2.05. The normalized spacial score (nSPS) is 10.1. The lowest BCUT2D eigenvalue weighted by atomic mass is 10.1. The number of halogens is 2. The fourth-order valence-electron chi connectivity index (χ4n) is 1.76. The number of hydrogen-bond donors (Lipinski definition) is 3. The Hall–Kier alpha value is -1.82. The molecule has 0 radical (unpaired) electrons. The van der Waals surface area contributed by atoms with Crippen LogP contribution in [0.5, 0.6) is 0 Å². The van der Waals surface area contributed by atoms with E-state index in [1.54, 1.807) is 42.5 Å². The van der Waals surface area contributed by atoms with Gasteiger partial charge in [0.05, 0.1) is 17.1 Å². The predicted molar refractivity (Wildman–Crippen MR) is 94.1 cm³/mol. The Morgan fingerprint density at radius 1 is 1.09 bits per heavy atom. The van der Waals surface area contributed by atoms with Crippen LogP contribution in [0.4, 0.5) is 11.4 Å². The summed E-state index contributed by atoms with van der Waals surface area (Å²) in [6.07, 6.45) is -0.0106. The van der Waals surface area contributed by atoms with Crippen molar-refractivity contribution >= 4 is 57.9 Å². The summed E-state index contributed by atoms with van der Waals surface area (Å²) in [5.41, 5.74) is 2.11. The molecule has 22 heavy (non-hydrogen) atoms. The largest absolute Gasteiger partial charge is 0.481 e. The van der Waals surface area contributed by atoms with Crippen LogP contribution < -0.4 is 10.6 Å². The average Bonchev–Trinajstić information content (AvgIpc) is 2.43. The zero-order chi connectivity index (χ0) is 16.1. The third-order valence-corrected chi connectivity index (χ3v) is 3.50. The lowest BCUT2D eigenvalue weighted by Gasteiger charge is -2.12. The van der Waals surface area contributed by atoms with Gasteiger partial charge in [-0.15, -0.1) is 0 Å². The van der Waals surface area contributed by atoms with Gasteiger partial charge in [0.25, 0.3) is 0 Å². The number of carboxylic acid groups (broad SMARTS) is 1. The van der Waals surface area contributed by atoms with Crippen LogP contribution in [-0.2, 0) is 11.2 Å². The van der Waals surface area contributed by atoms with Crippen molar-refractivity contribution in [2.45, 2.75) is 6.42 Å². The Morgan fingerprint density at radius 3 is 2.36 bits per heavy atom. The topological polar surface area (TPSA) is 61.4 Å². The molecule has 0 heterocycles. The zero-order valence-corrected chi connectivity index (χ0v) is 13.6. The van der Waals surface area contributed by atoms with Gasteiger partial charge in [0.15, 0.2) is 5.11 Å². The number of benzene rings is 2. The molecule has 0 aliphatic rings. The summed E-state index contributed by atoms with van der Waals surface area (Å²) in [6.45, 7) is 0. The highest BCUT2D eigenvalue weighted by Crippen LogP contribution is 2.25. The number of nitrogens with one attached hydrogen (secondary N) is 2. The Kier molecular flexibility index (Phi) is 5.60. The van der Waals surface area contributed by atoms with E-state index in [9.17, 15) is 4.79 Å². The van der Waals surface area contributed by atoms with Crippen molar-refractivity contribution in [3.63, 3.8) is 0 Å². The molecule has 114 valence electrons. The molecule has 0 spiro atoms. The number of carbonyl (C=O) groups is 1. The van der Waals surface area contributed by atoms with Crippen LogP contribution in [0, 0.1) is 0 Å². The first-order valence-electron chi connectivity index (χ1n) is 6.28. The Labute approximate surface area is 143 Å². The number of anilines is 2. The summed E-state index contributed by atoms with van der Waals surface area (Å²) in [5, 5.41) is 16.1. The molecule has 0 unspecified atom stereocenters. The Bertz CT molecular complexity index is 705. The maximum Gasteiger partial charge on any atom is 0.307 e. The molecule has 2 aromatic carbocycles. The Morgan fingerprint density at radius 2 is 1.77 bits per heavy atom. The molecule has 0 aliphatic carbocycles. The molecule has 0 saturated carbocycles. The molecule has 2 aromatic rings. The molecular weight excluding hydrogens is 343 g/mol. The number of rotatable bonds is 4. The predicted octanol–water partition coefficient (Wildman–Crippen LogP) is 4.43. The van der Waals surface area contributed by atoms with Crippen molar-refractivity contribution in [3.05, 3.63) is 58.1 Å². The lowest BCUT2D eigenvalue weighted by Crippen LogP contribution is -2.19. The molecule has 0 atom stereocenters. The summed E-state index contributed by atoms with van der Waals surface area (Å²) < 4.78 is 0. The van der Waals surface area contributed by atoms with Crippen LogP contribution in [0.25, 0.3) is 0 Å². The number of aliphatic carboxylic acids is 1. The van der Waals surface area contributed by atoms with Crippen LogP contribution in [-0.4, -0.2) is 16.2 Å². The first-order chi connectivity index (χ1) is 10.4. The van der Waals surface area contributed by atoms with Crippen LogP contribution >= 0.6 is 35.4 Å². The standard InChI is InChI=1S/C15H12Cl2N2O2S/c16-10-3-6-13(12(17)8-10)19-15(22)18-11-4-1-9(2-5-11)7-14(20)21/h1-6,8H,7H2,(H,20,21)(H2,18,19,22). The van der Waals surface area contributed by atoms with E-state index in [4.69, 9.17) is 40.5 Å². The van der Waals surface area contributed by atoms with Gasteiger partial charge in [-0.25, -0.2) is 0 Å². The van der Waals surface area contributed by atoms with Crippen molar-refractivity contribution in [2.75, 3.05) is 10.6 Å². The number of thiocarbonyl (C=S) groups is 1. The third-order valence-electron chi connectivity index (χ3n) is 2.75. The monoisotopic (exact) mass is 354 g/mol.